The average molecular weight is 195 g/mol. The molecule has 0 heterocycles. The molecule has 0 aliphatic rings. The van der Waals surface area contributed by atoms with E-state index in [9.17, 15) is 17.6 Å². The number of aliphatic hydroxyl groups is 1. The van der Waals surface area contributed by atoms with Crippen molar-refractivity contribution in [3.05, 3.63) is 28.8 Å². The van der Waals surface area contributed by atoms with Gasteiger partial charge in [-0.25, -0.2) is 17.6 Å². The Labute approximate surface area is 70.6 Å². The van der Waals surface area contributed by atoms with Gasteiger partial charge in [0, 0.05) is 5.56 Å². The van der Waals surface area contributed by atoms with Gasteiger partial charge in [-0.15, -0.1) is 0 Å². The molecule has 0 spiro atoms. The van der Waals surface area contributed by atoms with E-state index in [0.29, 0.717) is 0 Å². The largest absolute Gasteiger partial charge is 0.396 e. The third kappa shape index (κ3) is 1.33. The number of nitrogens with two attached hydrogens (primary N) is 1. The Balaban J connectivity index is 3.56. The first-order valence-electron chi connectivity index (χ1n) is 3.21. The molecule has 0 saturated carbocycles. The molecule has 6 heteroatoms. The second kappa shape index (κ2) is 3.21. The fourth-order valence-corrected chi connectivity index (χ4v) is 0.849. The van der Waals surface area contributed by atoms with Crippen LogP contribution in [-0.2, 0) is 6.61 Å². The zero-order valence-corrected chi connectivity index (χ0v) is 6.24. The Morgan fingerprint density at radius 1 is 0.923 bits per heavy atom. The number of halogens is 4. The number of aliphatic hydroxyl groups excluding tert-OH is 1. The summed E-state index contributed by atoms with van der Waals surface area (Å²) in [5, 5.41) is 8.46. The molecule has 0 aliphatic carbocycles. The molecule has 1 aromatic carbocycles. The van der Waals surface area contributed by atoms with Crippen LogP contribution in [0.3, 0.4) is 0 Å². The fraction of sp³-hybridized carbons (Fsp3) is 0.143. The Morgan fingerprint density at radius 3 is 1.85 bits per heavy atom. The predicted octanol–water partition coefficient (Wildman–Crippen LogP) is 1.32. The third-order valence-electron chi connectivity index (χ3n) is 1.56. The van der Waals surface area contributed by atoms with Gasteiger partial charge >= 0.3 is 0 Å². The van der Waals surface area contributed by atoms with Crippen molar-refractivity contribution in [3.63, 3.8) is 0 Å². The lowest BCUT2D eigenvalue weighted by atomic mass is 10.1. The zero-order valence-electron chi connectivity index (χ0n) is 6.24. The highest BCUT2D eigenvalue weighted by Crippen LogP contribution is 2.25. The minimum absolute atomic E-state index is 0.781. The quantitative estimate of drug-likeness (QED) is 0.307. The van der Waals surface area contributed by atoms with Crippen molar-refractivity contribution in [2.45, 2.75) is 6.61 Å². The van der Waals surface area contributed by atoms with E-state index in [1.165, 1.54) is 0 Å². The summed E-state index contributed by atoms with van der Waals surface area (Å²) in [5.41, 5.74) is 3.18. The summed E-state index contributed by atoms with van der Waals surface area (Å²) in [6.07, 6.45) is 0. The van der Waals surface area contributed by atoms with Crippen LogP contribution in [0, 0.1) is 23.3 Å². The number of anilines is 1. The van der Waals surface area contributed by atoms with Crippen LogP contribution in [0.2, 0.25) is 0 Å². The van der Waals surface area contributed by atoms with Gasteiger partial charge in [-0.1, -0.05) is 0 Å². The maximum atomic E-state index is 12.7. The Kier molecular flexibility index (Phi) is 2.42. The highest BCUT2D eigenvalue weighted by molar-refractivity contribution is 5.49. The Morgan fingerprint density at radius 2 is 1.38 bits per heavy atom. The first kappa shape index (κ1) is 9.79. The number of hydrogen-bond acceptors (Lipinski definition) is 2. The summed E-state index contributed by atoms with van der Waals surface area (Å²) in [5.74, 6) is -7.32. The Bertz CT molecular complexity index is 324. The molecule has 0 atom stereocenters. The van der Waals surface area contributed by atoms with Crippen molar-refractivity contribution >= 4 is 5.69 Å². The van der Waals surface area contributed by atoms with E-state index in [1.807, 2.05) is 0 Å². The van der Waals surface area contributed by atoms with Gasteiger partial charge < -0.3 is 10.8 Å². The summed E-state index contributed by atoms with van der Waals surface area (Å²) >= 11 is 0. The molecule has 1 aromatic rings. The van der Waals surface area contributed by atoms with E-state index in [0.717, 1.165) is 0 Å². The summed E-state index contributed by atoms with van der Waals surface area (Å²) in [7, 11) is 0. The van der Waals surface area contributed by atoms with Gasteiger partial charge in [-0.2, -0.15) is 0 Å². The standard InChI is InChI=1S/C7H5F4NO/c8-3-2(1-13)7(12)6(11)5(10)4(3)9/h13H,1,12H2. The minimum atomic E-state index is -1.98. The molecule has 0 unspecified atom stereocenters. The first-order valence-corrected chi connectivity index (χ1v) is 3.21. The van der Waals surface area contributed by atoms with Crippen LogP contribution in [0.4, 0.5) is 23.2 Å². The van der Waals surface area contributed by atoms with Crippen molar-refractivity contribution in [2.75, 3.05) is 5.73 Å². The van der Waals surface area contributed by atoms with Crippen molar-refractivity contribution in [1.82, 2.24) is 0 Å². The van der Waals surface area contributed by atoms with E-state index in [2.05, 4.69) is 0 Å². The van der Waals surface area contributed by atoms with Crippen LogP contribution in [-0.4, -0.2) is 5.11 Å². The molecule has 0 aromatic heterocycles. The van der Waals surface area contributed by atoms with Gasteiger partial charge in [-0.3, -0.25) is 0 Å². The molecule has 0 radical (unpaired) electrons. The van der Waals surface area contributed by atoms with Crippen LogP contribution in [0.1, 0.15) is 5.56 Å². The van der Waals surface area contributed by atoms with Crippen LogP contribution in [0.15, 0.2) is 0 Å². The monoisotopic (exact) mass is 195 g/mol. The van der Waals surface area contributed by atoms with Gasteiger partial charge in [-0.05, 0) is 0 Å². The van der Waals surface area contributed by atoms with Crippen molar-refractivity contribution in [2.24, 2.45) is 0 Å². The van der Waals surface area contributed by atoms with Crippen LogP contribution in [0.25, 0.3) is 0 Å². The van der Waals surface area contributed by atoms with E-state index in [4.69, 9.17) is 10.8 Å². The van der Waals surface area contributed by atoms with Gasteiger partial charge in [0.1, 0.15) is 0 Å². The smallest absolute Gasteiger partial charge is 0.199 e. The topological polar surface area (TPSA) is 46.2 Å². The summed E-state index contributed by atoms with van der Waals surface area (Å²) in [6, 6.07) is 0. The number of hydrogen-bond donors (Lipinski definition) is 2. The number of nitrogen functional groups attached to an aromatic ring is 1. The maximum absolute atomic E-state index is 12.7. The van der Waals surface area contributed by atoms with Gasteiger partial charge in [0.15, 0.2) is 23.3 Å². The van der Waals surface area contributed by atoms with Crippen LogP contribution >= 0.6 is 0 Å². The predicted molar refractivity (Wildman–Crippen MR) is 36.6 cm³/mol. The number of benzene rings is 1. The minimum Gasteiger partial charge on any atom is -0.396 e. The van der Waals surface area contributed by atoms with Gasteiger partial charge in [0.05, 0.1) is 12.3 Å². The maximum Gasteiger partial charge on any atom is 0.199 e. The first-order chi connectivity index (χ1) is 6.00. The summed E-state index contributed by atoms with van der Waals surface area (Å²) in [6.45, 7) is -0.994. The van der Waals surface area contributed by atoms with Crippen molar-refractivity contribution < 1.29 is 22.7 Å². The van der Waals surface area contributed by atoms with Gasteiger partial charge in [0.25, 0.3) is 0 Å². The lowest BCUT2D eigenvalue weighted by Gasteiger charge is -2.06. The van der Waals surface area contributed by atoms with Crippen molar-refractivity contribution in [3.8, 4) is 0 Å². The van der Waals surface area contributed by atoms with E-state index in [1.54, 1.807) is 0 Å². The molecule has 0 saturated heterocycles. The van der Waals surface area contributed by atoms with Gasteiger partial charge in [0.2, 0.25) is 0 Å². The highest BCUT2D eigenvalue weighted by Gasteiger charge is 2.22. The third-order valence-corrected chi connectivity index (χ3v) is 1.56. The number of rotatable bonds is 1. The molecule has 72 valence electrons. The van der Waals surface area contributed by atoms with E-state index < -0.39 is 41.1 Å². The van der Waals surface area contributed by atoms with E-state index in [-0.39, 0.29) is 0 Å². The molecule has 13 heavy (non-hydrogen) atoms. The summed E-state index contributed by atoms with van der Waals surface area (Å²) < 4.78 is 50.2. The lowest BCUT2D eigenvalue weighted by molar-refractivity contribution is 0.271. The molecular weight excluding hydrogens is 190 g/mol. The zero-order chi connectivity index (χ0) is 10.2. The molecule has 3 N–H and O–H groups in total. The van der Waals surface area contributed by atoms with Crippen molar-refractivity contribution in [1.29, 1.82) is 0 Å². The average Bonchev–Trinajstić information content (AvgIpc) is 2.13. The van der Waals surface area contributed by atoms with Crippen LogP contribution in [0.5, 0.6) is 0 Å². The normalized spacial score (nSPS) is 10.5. The SMILES string of the molecule is Nc1c(F)c(F)c(F)c(F)c1CO. The van der Waals surface area contributed by atoms with Crippen LogP contribution < -0.4 is 5.73 Å². The molecule has 2 nitrogen and oxygen atoms in total. The second-order valence-corrected chi connectivity index (χ2v) is 2.31. The summed E-state index contributed by atoms with van der Waals surface area (Å²) in [4.78, 5) is 0. The molecule has 1 rings (SSSR count). The molecule has 0 fully saturated rings. The highest BCUT2D eigenvalue weighted by atomic mass is 19.2. The van der Waals surface area contributed by atoms with E-state index >= 15 is 0 Å². The molecule has 0 aliphatic heterocycles. The Hall–Kier alpha value is -1.30. The molecular formula is C7H5F4NO. The molecule has 0 bridgehead atoms. The molecule has 0 amide bonds. The second-order valence-electron chi connectivity index (χ2n) is 2.31. The lowest BCUT2D eigenvalue weighted by Crippen LogP contribution is -2.08. The fourth-order valence-electron chi connectivity index (χ4n) is 0.849.